The van der Waals surface area contributed by atoms with Crippen molar-refractivity contribution in [2.24, 2.45) is 5.16 Å². The van der Waals surface area contributed by atoms with Crippen molar-refractivity contribution in [2.75, 3.05) is 6.61 Å². The molecule has 0 amide bonds. The SMILES string of the molecule is CC/C=N/OCCc1ccccc1. The largest absolute Gasteiger partial charge is 0.396 e. The van der Waals surface area contributed by atoms with Crippen LogP contribution in [0.5, 0.6) is 0 Å². The quantitative estimate of drug-likeness (QED) is 0.385. The van der Waals surface area contributed by atoms with E-state index < -0.39 is 0 Å². The zero-order chi connectivity index (χ0) is 9.36. The van der Waals surface area contributed by atoms with Gasteiger partial charge in [0, 0.05) is 12.6 Å². The van der Waals surface area contributed by atoms with Gasteiger partial charge in [0.15, 0.2) is 0 Å². The van der Waals surface area contributed by atoms with E-state index in [0.29, 0.717) is 6.61 Å². The van der Waals surface area contributed by atoms with Crippen LogP contribution in [0.4, 0.5) is 0 Å². The van der Waals surface area contributed by atoms with Crippen LogP contribution >= 0.6 is 0 Å². The summed E-state index contributed by atoms with van der Waals surface area (Å²) in [7, 11) is 0. The molecule has 70 valence electrons. The van der Waals surface area contributed by atoms with Gasteiger partial charge in [-0.05, 0) is 12.0 Å². The Morgan fingerprint density at radius 3 is 2.77 bits per heavy atom. The average Bonchev–Trinajstić information content (AvgIpc) is 2.19. The lowest BCUT2D eigenvalue weighted by atomic mass is 10.2. The van der Waals surface area contributed by atoms with Crippen LogP contribution in [0.25, 0.3) is 0 Å². The first-order valence-electron chi connectivity index (χ1n) is 4.61. The van der Waals surface area contributed by atoms with E-state index in [1.165, 1.54) is 5.56 Å². The Balaban J connectivity index is 2.17. The topological polar surface area (TPSA) is 21.6 Å². The Morgan fingerprint density at radius 1 is 1.31 bits per heavy atom. The monoisotopic (exact) mass is 177 g/mol. The number of hydrogen-bond donors (Lipinski definition) is 0. The number of rotatable bonds is 5. The van der Waals surface area contributed by atoms with Gasteiger partial charge in [-0.15, -0.1) is 0 Å². The second-order valence-electron chi connectivity index (χ2n) is 2.77. The fourth-order valence-electron chi connectivity index (χ4n) is 0.988. The summed E-state index contributed by atoms with van der Waals surface area (Å²) in [5.41, 5.74) is 1.29. The molecule has 2 nitrogen and oxygen atoms in total. The van der Waals surface area contributed by atoms with Crippen molar-refractivity contribution in [1.29, 1.82) is 0 Å². The molecule has 1 rings (SSSR count). The molecule has 0 heterocycles. The summed E-state index contributed by atoms with van der Waals surface area (Å²) >= 11 is 0. The smallest absolute Gasteiger partial charge is 0.121 e. The molecule has 0 saturated heterocycles. The van der Waals surface area contributed by atoms with Crippen molar-refractivity contribution in [2.45, 2.75) is 19.8 Å². The molecular weight excluding hydrogens is 162 g/mol. The van der Waals surface area contributed by atoms with Crippen molar-refractivity contribution in [3.05, 3.63) is 35.9 Å². The van der Waals surface area contributed by atoms with Crippen LogP contribution in [0.2, 0.25) is 0 Å². The fourth-order valence-corrected chi connectivity index (χ4v) is 0.988. The molecule has 0 spiro atoms. The maximum absolute atomic E-state index is 5.05. The second-order valence-corrected chi connectivity index (χ2v) is 2.77. The van der Waals surface area contributed by atoms with Crippen LogP contribution < -0.4 is 0 Å². The van der Waals surface area contributed by atoms with Gasteiger partial charge in [0.05, 0.1) is 0 Å². The molecule has 0 atom stereocenters. The highest BCUT2D eigenvalue weighted by molar-refractivity contribution is 5.55. The number of hydrogen-bond acceptors (Lipinski definition) is 2. The molecule has 0 aromatic heterocycles. The van der Waals surface area contributed by atoms with Crippen LogP contribution in [0.1, 0.15) is 18.9 Å². The van der Waals surface area contributed by atoms with Crippen molar-refractivity contribution >= 4 is 6.21 Å². The molecule has 0 aliphatic carbocycles. The zero-order valence-corrected chi connectivity index (χ0v) is 7.94. The van der Waals surface area contributed by atoms with E-state index >= 15 is 0 Å². The van der Waals surface area contributed by atoms with E-state index in [0.717, 1.165) is 12.8 Å². The summed E-state index contributed by atoms with van der Waals surface area (Å²) < 4.78 is 0. The van der Waals surface area contributed by atoms with E-state index in [4.69, 9.17) is 4.84 Å². The predicted octanol–water partition coefficient (Wildman–Crippen LogP) is 2.64. The second kappa shape index (κ2) is 6.23. The minimum Gasteiger partial charge on any atom is -0.396 e. The van der Waals surface area contributed by atoms with Crippen molar-refractivity contribution in [1.82, 2.24) is 0 Å². The summed E-state index contributed by atoms with van der Waals surface area (Å²) in [5, 5.41) is 3.78. The van der Waals surface area contributed by atoms with Crippen LogP contribution in [-0.2, 0) is 11.3 Å². The molecule has 0 unspecified atom stereocenters. The standard InChI is InChI=1S/C11H15NO/c1-2-9-12-13-10-8-11-6-4-3-5-7-11/h3-7,9H,2,8,10H2,1H3/b12-9+. The Labute approximate surface area is 79.2 Å². The maximum Gasteiger partial charge on any atom is 0.121 e. The molecule has 1 aromatic rings. The lowest BCUT2D eigenvalue weighted by Crippen LogP contribution is -1.93. The van der Waals surface area contributed by atoms with Gasteiger partial charge in [0.2, 0.25) is 0 Å². The lowest BCUT2D eigenvalue weighted by molar-refractivity contribution is 0.148. The first-order chi connectivity index (χ1) is 6.43. The summed E-state index contributed by atoms with van der Waals surface area (Å²) in [6.45, 7) is 2.69. The van der Waals surface area contributed by atoms with Gasteiger partial charge >= 0.3 is 0 Å². The number of benzene rings is 1. The molecule has 0 N–H and O–H groups in total. The van der Waals surface area contributed by atoms with Gasteiger partial charge in [-0.25, -0.2) is 0 Å². The third-order valence-corrected chi connectivity index (χ3v) is 1.66. The number of oxime groups is 1. The van der Waals surface area contributed by atoms with Gasteiger partial charge in [-0.1, -0.05) is 42.4 Å². The number of nitrogens with zero attached hydrogens (tertiary/aromatic N) is 1. The summed E-state index contributed by atoms with van der Waals surface area (Å²) in [6, 6.07) is 10.3. The molecule has 1 aromatic carbocycles. The first-order valence-corrected chi connectivity index (χ1v) is 4.61. The van der Waals surface area contributed by atoms with E-state index in [1.54, 1.807) is 6.21 Å². The van der Waals surface area contributed by atoms with Crippen LogP contribution in [0.15, 0.2) is 35.5 Å². The molecular formula is C11H15NO. The van der Waals surface area contributed by atoms with Crippen molar-refractivity contribution < 1.29 is 4.84 Å². The Morgan fingerprint density at radius 2 is 2.08 bits per heavy atom. The van der Waals surface area contributed by atoms with Gasteiger partial charge in [-0.2, -0.15) is 0 Å². The summed E-state index contributed by atoms with van der Waals surface area (Å²) in [6.07, 6.45) is 3.61. The molecule has 0 saturated carbocycles. The van der Waals surface area contributed by atoms with E-state index in [2.05, 4.69) is 17.3 Å². The molecule has 0 bridgehead atoms. The van der Waals surface area contributed by atoms with Gasteiger partial charge in [0.1, 0.15) is 6.61 Å². The lowest BCUT2D eigenvalue weighted by Gasteiger charge is -1.98. The van der Waals surface area contributed by atoms with Crippen LogP contribution in [0, 0.1) is 0 Å². The maximum atomic E-state index is 5.05. The predicted molar refractivity (Wildman–Crippen MR) is 54.9 cm³/mol. The third kappa shape index (κ3) is 4.31. The van der Waals surface area contributed by atoms with Crippen LogP contribution in [-0.4, -0.2) is 12.8 Å². The normalized spacial score (nSPS) is 10.5. The zero-order valence-electron chi connectivity index (χ0n) is 7.94. The minimum absolute atomic E-state index is 0.653. The Hall–Kier alpha value is -1.31. The van der Waals surface area contributed by atoms with E-state index in [-0.39, 0.29) is 0 Å². The Kier molecular flexibility index (Phi) is 4.69. The minimum atomic E-state index is 0.653. The third-order valence-electron chi connectivity index (χ3n) is 1.66. The summed E-state index contributed by atoms with van der Waals surface area (Å²) in [5.74, 6) is 0. The molecule has 2 heteroatoms. The summed E-state index contributed by atoms with van der Waals surface area (Å²) in [4.78, 5) is 5.05. The molecule has 0 aliphatic heterocycles. The van der Waals surface area contributed by atoms with Gasteiger partial charge in [-0.3, -0.25) is 0 Å². The van der Waals surface area contributed by atoms with E-state index in [9.17, 15) is 0 Å². The van der Waals surface area contributed by atoms with Crippen molar-refractivity contribution in [3.8, 4) is 0 Å². The Bertz CT molecular complexity index is 244. The molecule has 0 fully saturated rings. The molecule has 0 aliphatic rings. The molecule has 13 heavy (non-hydrogen) atoms. The van der Waals surface area contributed by atoms with Crippen LogP contribution in [0.3, 0.4) is 0 Å². The van der Waals surface area contributed by atoms with E-state index in [1.807, 2.05) is 25.1 Å². The molecule has 0 radical (unpaired) electrons. The first kappa shape index (κ1) is 9.78. The highest BCUT2D eigenvalue weighted by atomic mass is 16.6. The van der Waals surface area contributed by atoms with Crippen molar-refractivity contribution in [3.63, 3.8) is 0 Å². The fraction of sp³-hybridized carbons (Fsp3) is 0.364. The average molecular weight is 177 g/mol. The highest BCUT2D eigenvalue weighted by Gasteiger charge is 1.89. The van der Waals surface area contributed by atoms with Gasteiger partial charge < -0.3 is 4.84 Å². The highest BCUT2D eigenvalue weighted by Crippen LogP contribution is 1.99. The van der Waals surface area contributed by atoms with Gasteiger partial charge in [0.25, 0.3) is 0 Å².